The van der Waals surface area contributed by atoms with Crippen molar-refractivity contribution in [3.8, 4) is 16.9 Å². The van der Waals surface area contributed by atoms with Crippen LogP contribution in [0.4, 0.5) is 4.39 Å². The first kappa shape index (κ1) is 18.9. The number of nitrogens with zero attached hydrogens (tertiary/aromatic N) is 1. The lowest BCUT2D eigenvalue weighted by Crippen LogP contribution is -2.23. The zero-order valence-electron chi connectivity index (χ0n) is 14.7. The zero-order valence-corrected chi connectivity index (χ0v) is 15.4. The molecule has 1 unspecified atom stereocenters. The van der Waals surface area contributed by atoms with Crippen LogP contribution in [0, 0.1) is 5.82 Å². The van der Waals surface area contributed by atoms with Gasteiger partial charge >= 0.3 is 0 Å². The van der Waals surface area contributed by atoms with Crippen molar-refractivity contribution < 1.29 is 13.9 Å². The number of ether oxygens (including phenoxy) is 1. The maximum atomic E-state index is 14.2. The first-order chi connectivity index (χ1) is 13.0. The van der Waals surface area contributed by atoms with E-state index in [2.05, 4.69) is 4.98 Å². The van der Waals surface area contributed by atoms with Gasteiger partial charge in [-0.1, -0.05) is 23.7 Å². The summed E-state index contributed by atoms with van der Waals surface area (Å²) < 4.78 is 19.4. The Morgan fingerprint density at radius 1 is 1.22 bits per heavy atom. The summed E-state index contributed by atoms with van der Waals surface area (Å²) >= 11 is 5.98. The number of nitrogens with two attached hydrogens (primary N) is 1. The van der Waals surface area contributed by atoms with E-state index in [9.17, 15) is 9.18 Å². The summed E-state index contributed by atoms with van der Waals surface area (Å²) in [6.45, 7) is 0. The van der Waals surface area contributed by atoms with E-state index in [1.165, 1.54) is 12.1 Å². The Balaban J connectivity index is 1.93. The highest BCUT2D eigenvalue weighted by atomic mass is 35.5. The van der Waals surface area contributed by atoms with Crippen molar-refractivity contribution in [1.29, 1.82) is 0 Å². The number of carbonyl (C=O) groups is 1. The minimum absolute atomic E-state index is 0.339. The second-order valence-corrected chi connectivity index (χ2v) is 6.58. The number of amides is 1. The van der Waals surface area contributed by atoms with Crippen LogP contribution < -0.4 is 10.5 Å². The second-order valence-electron chi connectivity index (χ2n) is 6.14. The second kappa shape index (κ2) is 8.18. The van der Waals surface area contributed by atoms with E-state index >= 15 is 0 Å². The van der Waals surface area contributed by atoms with E-state index in [4.69, 9.17) is 22.1 Å². The molecule has 0 bridgehead atoms. The predicted molar refractivity (Wildman–Crippen MR) is 103 cm³/mol. The van der Waals surface area contributed by atoms with Gasteiger partial charge in [0.2, 0.25) is 5.91 Å². The number of hydrogen-bond donors (Lipinski definition) is 1. The van der Waals surface area contributed by atoms with Gasteiger partial charge in [-0.05, 0) is 53.9 Å². The smallest absolute Gasteiger partial charge is 0.225 e. The Hall–Kier alpha value is -2.92. The van der Waals surface area contributed by atoms with Crippen LogP contribution in [0.5, 0.6) is 5.75 Å². The number of pyridine rings is 1. The van der Waals surface area contributed by atoms with E-state index in [0.717, 1.165) is 11.1 Å². The number of hydrogen-bond acceptors (Lipinski definition) is 3. The summed E-state index contributed by atoms with van der Waals surface area (Å²) in [7, 11) is 1.56. The molecule has 1 atom stereocenters. The van der Waals surface area contributed by atoms with Crippen LogP contribution >= 0.6 is 11.6 Å². The van der Waals surface area contributed by atoms with E-state index in [1.807, 2.05) is 6.07 Å². The molecule has 0 saturated heterocycles. The molecule has 4 nitrogen and oxygen atoms in total. The molecule has 3 aromatic rings. The third-order valence-corrected chi connectivity index (χ3v) is 4.55. The van der Waals surface area contributed by atoms with Gasteiger partial charge < -0.3 is 10.5 Å². The lowest BCUT2D eigenvalue weighted by atomic mass is 9.91. The number of primary amides is 1. The molecule has 0 saturated carbocycles. The fourth-order valence-corrected chi connectivity index (χ4v) is 3.11. The molecule has 2 N–H and O–H groups in total. The van der Waals surface area contributed by atoms with Crippen molar-refractivity contribution in [3.63, 3.8) is 0 Å². The van der Waals surface area contributed by atoms with Gasteiger partial charge in [-0.3, -0.25) is 9.78 Å². The molecule has 0 spiro atoms. The minimum atomic E-state index is -0.554. The fraction of sp³-hybridized carbons (Fsp3) is 0.143. The molecule has 1 amide bonds. The highest BCUT2D eigenvalue weighted by Crippen LogP contribution is 2.28. The van der Waals surface area contributed by atoms with Crippen molar-refractivity contribution in [2.75, 3.05) is 7.11 Å². The molecule has 1 aromatic heterocycles. The van der Waals surface area contributed by atoms with Crippen LogP contribution in [0.2, 0.25) is 5.02 Å². The maximum Gasteiger partial charge on any atom is 0.225 e. The highest BCUT2D eigenvalue weighted by Gasteiger charge is 2.20. The summed E-state index contributed by atoms with van der Waals surface area (Å²) in [6, 6.07) is 13.3. The van der Waals surface area contributed by atoms with Gasteiger partial charge in [-0.15, -0.1) is 0 Å². The van der Waals surface area contributed by atoms with Crippen LogP contribution in [0.25, 0.3) is 11.1 Å². The molecule has 2 aromatic carbocycles. The monoisotopic (exact) mass is 384 g/mol. The van der Waals surface area contributed by atoms with Crippen LogP contribution in [-0.4, -0.2) is 18.0 Å². The van der Waals surface area contributed by atoms with E-state index < -0.39 is 17.6 Å². The number of methoxy groups -OCH3 is 1. The molecule has 0 aliphatic heterocycles. The normalized spacial score (nSPS) is 11.8. The topological polar surface area (TPSA) is 65.2 Å². The summed E-state index contributed by atoms with van der Waals surface area (Å²) in [5.74, 6) is -0.756. The van der Waals surface area contributed by atoms with Crippen LogP contribution in [0.15, 0.2) is 60.9 Å². The Kier molecular flexibility index (Phi) is 5.72. The van der Waals surface area contributed by atoms with Crippen molar-refractivity contribution >= 4 is 17.5 Å². The number of aromatic nitrogens is 1. The average Bonchev–Trinajstić information content (AvgIpc) is 2.68. The molecule has 0 radical (unpaired) electrons. The zero-order chi connectivity index (χ0) is 19.4. The lowest BCUT2D eigenvalue weighted by molar-refractivity contribution is -0.119. The van der Waals surface area contributed by atoms with E-state index in [0.29, 0.717) is 28.3 Å². The van der Waals surface area contributed by atoms with Crippen LogP contribution in [0.1, 0.15) is 17.0 Å². The van der Waals surface area contributed by atoms with Gasteiger partial charge in [0.1, 0.15) is 11.6 Å². The maximum absolute atomic E-state index is 14.2. The minimum Gasteiger partial charge on any atom is -0.497 e. The molecule has 1 heterocycles. The highest BCUT2D eigenvalue weighted by molar-refractivity contribution is 6.30. The van der Waals surface area contributed by atoms with Crippen LogP contribution in [0.3, 0.4) is 0 Å². The number of benzene rings is 2. The molecule has 138 valence electrons. The summed E-state index contributed by atoms with van der Waals surface area (Å²) in [6.07, 6.45) is 3.54. The predicted octanol–water partition coefficient (Wildman–Crippen LogP) is 4.36. The van der Waals surface area contributed by atoms with Crippen LogP contribution in [-0.2, 0) is 11.2 Å². The number of carbonyl (C=O) groups excluding carboxylic acids is 1. The standard InChI is InChI=1S/C21H18ClFN2O2/c1-27-17-4-2-3-14(9-17)19(21(24)26)8-13-7-15(12-25-11-13)18-10-16(22)5-6-20(18)23/h2-7,9-12,19H,8H2,1H3,(H2,24,26). The van der Waals surface area contributed by atoms with Gasteiger partial charge in [-0.2, -0.15) is 0 Å². The first-order valence-corrected chi connectivity index (χ1v) is 8.68. The van der Waals surface area contributed by atoms with E-state index in [-0.39, 0.29) is 0 Å². The lowest BCUT2D eigenvalue weighted by Gasteiger charge is -2.15. The summed E-state index contributed by atoms with van der Waals surface area (Å²) in [5, 5.41) is 0.434. The van der Waals surface area contributed by atoms with Crippen molar-refractivity contribution in [2.24, 2.45) is 5.73 Å². The summed E-state index contributed by atoms with van der Waals surface area (Å²) in [5.41, 5.74) is 8.08. The average molecular weight is 385 g/mol. The van der Waals surface area contributed by atoms with Crippen molar-refractivity contribution in [2.45, 2.75) is 12.3 Å². The van der Waals surface area contributed by atoms with Gasteiger partial charge in [0.05, 0.1) is 13.0 Å². The van der Waals surface area contributed by atoms with Gasteiger partial charge in [0.25, 0.3) is 0 Å². The third-order valence-electron chi connectivity index (χ3n) is 4.31. The quantitative estimate of drug-likeness (QED) is 0.686. The Morgan fingerprint density at radius 3 is 2.78 bits per heavy atom. The largest absolute Gasteiger partial charge is 0.497 e. The molecule has 0 fully saturated rings. The fourth-order valence-electron chi connectivity index (χ4n) is 2.94. The molecular weight excluding hydrogens is 367 g/mol. The van der Waals surface area contributed by atoms with Gasteiger partial charge in [0.15, 0.2) is 0 Å². The molecule has 3 rings (SSSR count). The van der Waals surface area contributed by atoms with Gasteiger partial charge in [-0.25, -0.2) is 4.39 Å². The Bertz CT molecular complexity index is 978. The molecule has 0 aliphatic carbocycles. The first-order valence-electron chi connectivity index (χ1n) is 8.30. The van der Waals surface area contributed by atoms with Crippen molar-refractivity contribution in [3.05, 3.63) is 82.9 Å². The third kappa shape index (κ3) is 4.44. The summed E-state index contributed by atoms with van der Waals surface area (Å²) in [4.78, 5) is 16.2. The van der Waals surface area contributed by atoms with Crippen molar-refractivity contribution in [1.82, 2.24) is 4.98 Å². The molecule has 27 heavy (non-hydrogen) atoms. The molecule has 6 heteroatoms. The molecule has 0 aliphatic rings. The molecular formula is C21H18ClFN2O2. The Morgan fingerprint density at radius 2 is 2.04 bits per heavy atom. The Labute approximate surface area is 161 Å². The van der Waals surface area contributed by atoms with Gasteiger partial charge in [0, 0.05) is 28.5 Å². The number of rotatable bonds is 6. The number of halogens is 2. The van der Waals surface area contributed by atoms with E-state index in [1.54, 1.807) is 49.8 Å². The SMILES string of the molecule is COc1cccc(C(Cc2cncc(-c3cc(Cl)ccc3F)c2)C(N)=O)c1.